The van der Waals surface area contributed by atoms with Crippen LogP contribution in [0.4, 0.5) is 0 Å². The second-order valence-electron chi connectivity index (χ2n) is 5.31. The van der Waals surface area contributed by atoms with Gasteiger partial charge in [0.2, 0.25) is 10.0 Å². The van der Waals surface area contributed by atoms with E-state index < -0.39 is 26.8 Å². The molecule has 1 fully saturated rings. The Morgan fingerprint density at radius 2 is 1.84 bits per heavy atom. The third kappa shape index (κ3) is 4.74. The van der Waals surface area contributed by atoms with Crippen molar-refractivity contribution in [3.05, 3.63) is 0 Å². The molecule has 1 saturated carbocycles. The Balaban J connectivity index is 2.61. The summed E-state index contributed by atoms with van der Waals surface area (Å²) in [5.74, 6) is -0.764. The fraction of sp³-hybridized carbons (Fsp3) is 0.917. The van der Waals surface area contributed by atoms with Crippen LogP contribution in [0, 0.1) is 0 Å². The Hall–Kier alpha value is -0.660. The van der Waals surface area contributed by atoms with Crippen LogP contribution < -0.4 is 10.5 Å². The van der Waals surface area contributed by atoms with Crippen LogP contribution in [0.5, 0.6) is 0 Å². The quantitative estimate of drug-likeness (QED) is 0.568. The van der Waals surface area contributed by atoms with Crippen LogP contribution in [-0.2, 0) is 19.6 Å². The van der Waals surface area contributed by atoms with Crippen molar-refractivity contribution in [2.45, 2.75) is 56.2 Å². The molecular weight excluding hydrogens is 268 g/mol. The molecule has 0 spiro atoms. The van der Waals surface area contributed by atoms with Crippen LogP contribution in [0.2, 0.25) is 0 Å². The first kappa shape index (κ1) is 16.4. The SMILES string of the molecule is COC(=O)C(C)S(=O)(=O)NCC1(N)CCCCCC1. The summed E-state index contributed by atoms with van der Waals surface area (Å²) < 4.78 is 30.8. The predicted molar refractivity (Wildman–Crippen MR) is 73.0 cm³/mol. The molecule has 1 aliphatic rings. The highest BCUT2D eigenvalue weighted by atomic mass is 32.2. The predicted octanol–water partition coefficient (Wildman–Crippen LogP) is 0.519. The first-order valence-corrected chi connectivity index (χ1v) is 8.20. The molecule has 0 heterocycles. The maximum Gasteiger partial charge on any atom is 0.325 e. The average Bonchev–Trinajstić information content (AvgIpc) is 2.60. The molecule has 3 N–H and O–H groups in total. The minimum absolute atomic E-state index is 0.177. The number of hydrogen-bond donors (Lipinski definition) is 2. The topological polar surface area (TPSA) is 98.5 Å². The zero-order chi connectivity index (χ0) is 14.5. The maximum atomic E-state index is 11.9. The zero-order valence-electron chi connectivity index (χ0n) is 11.6. The number of esters is 1. The molecule has 6 nitrogen and oxygen atoms in total. The van der Waals surface area contributed by atoms with Crippen LogP contribution >= 0.6 is 0 Å². The van der Waals surface area contributed by atoms with E-state index in [2.05, 4.69) is 9.46 Å². The monoisotopic (exact) mass is 292 g/mol. The minimum Gasteiger partial charge on any atom is -0.468 e. The van der Waals surface area contributed by atoms with Gasteiger partial charge in [-0.1, -0.05) is 25.7 Å². The Labute approximate surface area is 115 Å². The third-order valence-electron chi connectivity index (χ3n) is 3.72. The average molecular weight is 292 g/mol. The van der Waals surface area contributed by atoms with Crippen molar-refractivity contribution in [2.75, 3.05) is 13.7 Å². The lowest BCUT2D eigenvalue weighted by Crippen LogP contribution is -2.51. The smallest absolute Gasteiger partial charge is 0.325 e. The number of hydrogen-bond acceptors (Lipinski definition) is 5. The second kappa shape index (κ2) is 6.67. The molecule has 1 aliphatic carbocycles. The number of carbonyl (C=O) groups excluding carboxylic acids is 1. The summed E-state index contributed by atoms with van der Waals surface area (Å²) >= 11 is 0. The summed E-state index contributed by atoms with van der Waals surface area (Å²) in [5.41, 5.74) is 5.73. The summed E-state index contributed by atoms with van der Waals surface area (Å²) in [6.07, 6.45) is 5.94. The highest BCUT2D eigenvalue weighted by Gasteiger charge is 2.32. The van der Waals surface area contributed by atoms with Crippen molar-refractivity contribution < 1.29 is 17.9 Å². The summed E-state index contributed by atoms with van der Waals surface area (Å²) in [6, 6.07) is 0. The van der Waals surface area contributed by atoms with Gasteiger partial charge in [-0.15, -0.1) is 0 Å². The molecule has 0 radical (unpaired) electrons. The van der Waals surface area contributed by atoms with Gasteiger partial charge >= 0.3 is 5.97 Å². The van der Waals surface area contributed by atoms with E-state index in [1.165, 1.54) is 14.0 Å². The molecule has 19 heavy (non-hydrogen) atoms. The lowest BCUT2D eigenvalue weighted by atomic mass is 9.92. The van der Waals surface area contributed by atoms with E-state index in [9.17, 15) is 13.2 Å². The number of methoxy groups -OCH3 is 1. The van der Waals surface area contributed by atoms with Gasteiger partial charge in [-0.2, -0.15) is 0 Å². The number of nitrogens with one attached hydrogen (secondary N) is 1. The fourth-order valence-electron chi connectivity index (χ4n) is 2.27. The van der Waals surface area contributed by atoms with E-state index in [1.54, 1.807) is 0 Å². The highest BCUT2D eigenvalue weighted by molar-refractivity contribution is 7.90. The second-order valence-corrected chi connectivity index (χ2v) is 7.39. The van der Waals surface area contributed by atoms with Crippen LogP contribution in [0.15, 0.2) is 0 Å². The van der Waals surface area contributed by atoms with Crippen LogP contribution in [0.3, 0.4) is 0 Å². The standard InChI is InChI=1S/C12H24N2O4S/c1-10(11(15)18-2)19(16,17)14-9-12(13)7-5-3-4-6-8-12/h10,14H,3-9,13H2,1-2H3. The van der Waals surface area contributed by atoms with Gasteiger partial charge < -0.3 is 10.5 Å². The number of rotatable bonds is 5. The van der Waals surface area contributed by atoms with E-state index in [1.807, 2.05) is 0 Å². The molecule has 0 aliphatic heterocycles. The highest BCUT2D eigenvalue weighted by Crippen LogP contribution is 2.24. The van der Waals surface area contributed by atoms with Gasteiger partial charge in [0.15, 0.2) is 5.25 Å². The molecule has 0 aromatic rings. The van der Waals surface area contributed by atoms with Crippen LogP contribution in [0.25, 0.3) is 0 Å². The van der Waals surface area contributed by atoms with E-state index in [-0.39, 0.29) is 6.54 Å². The summed E-state index contributed by atoms with van der Waals surface area (Å²) in [7, 11) is -2.55. The van der Waals surface area contributed by atoms with E-state index in [0.717, 1.165) is 38.5 Å². The molecule has 7 heteroatoms. The summed E-state index contributed by atoms with van der Waals surface area (Å²) in [5, 5.41) is -1.22. The molecular formula is C12H24N2O4S. The van der Waals surface area contributed by atoms with Gasteiger partial charge in [-0.25, -0.2) is 13.1 Å². The lowest BCUT2D eigenvalue weighted by molar-refractivity contribution is -0.139. The van der Waals surface area contributed by atoms with E-state index >= 15 is 0 Å². The molecule has 0 amide bonds. The fourth-order valence-corrected chi connectivity index (χ4v) is 3.36. The Morgan fingerprint density at radius 1 is 1.32 bits per heavy atom. The van der Waals surface area contributed by atoms with Crippen molar-refractivity contribution in [3.63, 3.8) is 0 Å². The first-order chi connectivity index (χ1) is 8.81. The van der Waals surface area contributed by atoms with Gasteiger partial charge in [0.25, 0.3) is 0 Å². The molecule has 0 bridgehead atoms. The molecule has 0 aromatic heterocycles. The number of nitrogens with two attached hydrogens (primary N) is 1. The number of carbonyl (C=O) groups is 1. The van der Waals surface area contributed by atoms with Crippen molar-refractivity contribution in [3.8, 4) is 0 Å². The normalized spacial score (nSPS) is 21.4. The molecule has 1 unspecified atom stereocenters. The number of sulfonamides is 1. The molecule has 0 saturated heterocycles. The summed E-state index contributed by atoms with van der Waals surface area (Å²) in [4.78, 5) is 11.3. The maximum absolute atomic E-state index is 11.9. The first-order valence-electron chi connectivity index (χ1n) is 6.66. The molecule has 1 atom stereocenters. The van der Waals surface area contributed by atoms with Gasteiger partial charge in [-0.05, 0) is 19.8 Å². The lowest BCUT2D eigenvalue weighted by Gasteiger charge is -2.28. The van der Waals surface area contributed by atoms with Gasteiger partial charge in [0.05, 0.1) is 7.11 Å². The third-order valence-corrected chi connectivity index (χ3v) is 5.39. The van der Waals surface area contributed by atoms with Gasteiger partial charge in [-0.3, -0.25) is 4.79 Å². The Bertz CT molecular complexity index is 400. The zero-order valence-corrected chi connectivity index (χ0v) is 12.5. The van der Waals surface area contributed by atoms with Crippen molar-refractivity contribution >= 4 is 16.0 Å². The van der Waals surface area contributed by atoms with Gasteiger partial charge in [0, 0.05) is 12.1 Å². The minimum atomic E-state index is -3.73. The van der Waals surface area contributed by atoms with Crippen molar-refractivity contribution in [1.29, 1.82) is 0 Å². The van der Waals surface area contributed by atoms with Crippen molar-refractivity contribution in [2.24, 2.45) is 5.73 Å². The van der Waals surface area contributed by atoms with Crippen LogP contribution in [-0.4, -0.2) is 38.8 Å². The van der Waals surface area contributed by atoms with Gasteiger partial charge in [0.1, 0.15) is 0 Å². The Kier molecular flexibility index (Phi) is 5.76. The van der Waals surface area contributed by atoms with Crippen LogP contribution in [0.1, 0.15) is 45.4 Å². The number of ether oxygens (including phenoxy) is 1. The van der Waals surface area contributed by atoms with Crippen molar-refractivity contribution in [1.82, 2.24) is 4.72 Å². The Morgan fingerprint density at radius 3 is 2.32 bits per heavy atom. The summed E-state index contributed by atoms with van der Waals surface area (Å²) in [6.45, 7) is 1.49. The molecule has 1 rings (SSSR count). The molecule has 112 valence electrons. The van der Waals surface area contributed by atoms with E-state index in [0.29, 0.717) is 0 Å². The molecule has 0 aromatic carbocycles. The van der Waals surface area contributed by atoms with E-state index in [4.69, 9.17) is 5.73 Å². The largest absolute Gasteiger partial charge is 0.468 e.